The molecular formula is C12H14N2O. The number of hydrogen-bond acceptors (Lipinski definition) is 3. The highest BCUT2D eigenvalue weighted by atomic mass is 16.1. The lowest BCUT2D eigenvalue weighted by Gasteiger charge is -2.06. The van der Waals surface area contributed by atoms with E-state index in [0.717, 1.165) is 24.8 Å². The molecule has 15 heavy (non-hydrogen) atoms. The second kappa shape index (κ2) is 3.77. The molecule has 0 amide bonds. The number of nitrogens with two attached hydrogens (primary N) is 2. The van der Waals surface area contributed by atoms with Crippen LogP contribution in [0.15, 0.2) is 29.8 Å². The van der Waals surface area contributed by atoms with Gasteiger partial charge in [-0.3, -0.25) is 4.79 Å². The van der Waals surface area contributed by atoms with Crippen molar-refractivity contribution < 1.29 is 4.79 Å². The molecule has 0 atom stereocenters. The van der Waals surface area contributed by atoms with Crippen LogP contribution in [-0.4, -0.2) is 5.78 Å². The summed E-state index contributed by atoms with van der Waals surface area (Å²) in [6.07, 6.45) is 4.92. The summed E-state index contributed by atoms with van der Waals surface area (Å²) in [6.45, 7) is 0. The van der Waals surface area contributed by atoms with Crippen LogP contribution in [0.5, 0.6) is 0 Å². The Kier molecular flexibility index (Phi) is 2.46. The van der Waals surface area contributed by atoms with Gasteiger partial charge in [-0.1, -0.05) is 6.08 Å². The fourth-order valence-electron chi connectivity index (χ4n) is 1.84. The minimum Gasteiger partial charge on any atom is -0.399 e. The van der Waals surface area contributed by atoms with Crippen molar-refractivity contribution in [1.82, 2.24) is 0 Å². The van der Waals surface area contributed by atoms with Crippen molar-refractivity contribution in [2.75, 3.05) is 11.5 Å². The Bertz CT molecular complexity index is 435. The van der Waals surface area contributed by atoms with E-state index in [2.05, 4.69) is 0 Å². The van der Waals surface area contributed by atoms with Crippen LogP contribution in [0, 0.1) is 0 Å². The van der Waals surface area contributed by atoms with Crippen LogP contribution >= 0.6 is 0 Å². The summed E-state index contributed by atoms with van der Waals surface area (Å²) in [7, 11) is 0. The number of ketones is 1. The van der Waals surface area contributed by atoms with Gasteiger partial charge in [0.1, 0.15) is 0 Å². The van der Waals surface area contributed by atoms with Crippen LogP contribution in [0.3, 0.4) is 0 Å². The van der Waals surface area contributed by atoms with Gasteiger partial charge in [0.25, 0.3) is 0 Å². The van der Waals surface area contributed by atoms with Gasteiger partial charge in [-0.25, -0.2) is 0 Å². The third-order valence-corrected chi connectivity index (χ3v) is 2.65. The molecule has 4 N–H and O–H groups in total. The Morgan fingerprint density at radius 1 is 1.27 bits per heavy atom. The summed E-state index contributed by atoms with van der Waals surface area (Å²) in [5.41, 5.74) is 13.8. The number of anilines is 2. The molecule has 0 bridgehead atoms. The average Bonchev–Trinajstić information content (AvgIpc) is 2.69. The third kappa shape index (κ3) is 1.86. The monoisotopic (exact) mass is 202 g/mol. The summed E-state index contributed by atoms with van der Waals surface area (Å²) in [5.74, 6) is 0.0463. The number of carbonyl (C=O) groups is 1. The Morgan fingerprint density at radius 2 is 2.07 bits per heavy atom. The van der Waals surface area contributed by atoms with Crippen molar-refractivity contribution in [2.24, 2.45) is 0 Å². The maximum atomic E-state index is 12.0. The summed E-state index contributed by atoms with van der Waals surface area (Å²) in [5, 5.41) is 0. The average molecular weight is 202 g/mol. The highest BCUT2D eigenvalue weighted by Crippen LogP contribution is 2.25. The third-order valence-electron chi connectivity index (χ3n) is 2.65. The molecule has 3 heteroatoms. The summed E-state index contributed by atoms with van der Waals surface area (Å²) >= 11 is 0. The summed E-state index contributed by atoms with van der Waals surface area (Å²) < 4.78 is 0. The fraction of sp³-hybridized carbons (Fsp3) is 0.250. The molecule has 1 aliphatic rings. The molecule has 1 aromatic carbocycles. The minimum absolute atomic E-state index is 0.0463. The smallest absolute Gasteiger partial charge is 0.190 e. The van der Waals surface area contributed by atoms with E-state index in [4.69, 9.17) is 11.5 Å². The van der Waals surface area contributed by atoms with Crippen LogP contribution in [0.25, 0.3) is 0 Å². The predicted octanol–water partition coefficient (Wildman–Crippen LogP) is 2.14. The van der Waals surface area contributed by atoms with E-state index in [1.54, 1.807) is 18.2 Å². The normalized spacial score (nSPS) is 15.1. The van der Waals surface area contributed by atoms with Gasteiger partial charge in [0.05, 0.1) is 0 Å². The SMILES string of the molecule is Nc1ccc(C(=O)C2=CCCC2)c(N)c1. The predicted molar refractivity (Wildman–Crippen MR) is 61.5 cm³/mol. The van der Waals surface area contributed by atoms with Crippen molar-refractivity contribution in [3.05, 3.63) is 35.4 Å². The molecule has 78 valence electrons. The van der Waals surface area contributed by atoms with Crippen molar-refractivity contribution in [3.8, 4) is 0 Å². The molecule has 0 heterocycles. The molecule has 0 spiro atoms. The second-order valence-corrected chi connectivity index (χ2v) is 3.80. The number of nitrogen functional groups attached to an aromatic ring is 2. The lowest BCUT2D eigenvalue weighted by Crippen LogP contribution is -2.06. The largest absolute Gasteiger partial charge is 0.399 e. The molecule has 3 nitrogen and oxygen atoms in total. The van der Waals surface area contributed by atoms with Gasteiger partial charge in [-0.05, 0) is 43.0 Å². The van der Waals surface area contributed by atoms with E-state index in [1.165, 1.54) is 0 Å². The molecule has 0 fully saturated rings. The Labute approximate surface area is 88.8 Å². The standard InChI is InChI=1S/C12H14N2O/c13-9-5-6-10(11(14)7-9)12(15)8-3-1-2-4-8/h3,5-7H,1-2,4,13-14H2. The maximum Gasteiger partial charge on any atom is 0.190 e. The molecule has 0 aromatic heterocycles. The highest BCUT2D eigenvalue weighted by Gasteiger charge is 2.17. The zero-order valence-corrected chi connectivity index (χ0v) is 8.49. The number of allylic oxidation sites excluding steroid dienone is 2. The van der Waals surface area contributed by atoms with Gasteiger partial charge in [0, 0.05) is 16.9 Å². The van der Waals surface area contributed by atoms with Gasteiger partial charge in [0.2, 0.25) is 0 Å². The Morgan fingerprint density at radius 3 is 2.67 bits per heavy atom. The molecule has 0 unspecified atom stereocenters. The van der Waals surface area contributed by atoms with Crippen LogP contribution < -0.4 is 11.5 Å². The van der Waals surface area contributed by atoms with Gasteiger partial charge in [-0.15, -0.1) is 0 Å². The maximum absolute atomic E-state index is 12.0. The fourth-order valence-corrected chi connectivity index (χ4v) is 1.84. The number of benzene rings is 1. The lowest BCUT2D eigenvalue weighted by atomic mass is 10.0. The van der Waals surface area contributed by atoms with Gasteiger partial charge < -0.3 is 11.5 Å². The molecule has 2 rings (SSSR count). The summed E-state index contributed by atoms with van der Waals surface area (Å²) in [4.78, 5) is 12.0. The zero-order chi connectivity index (χ0) is 10.8. The second-order valence-electron chi connectivity index (χ2n) is 3.80. The zero-order valence-electron chi connectivity index (χ0n) is 8.49. The molecule has 1 aromatic rings. The minimum atomic E-state index is 0.0463. The molecule has 0 aliphatic heterocycles. The Balaban J connectivity index is 2.33. The van der Waals surface area contributed by atoms with Gasteiger partial charge in [-0.2, -0.15) is 0 Å². The number of carbonyl (C=O) groups excluding carboxylic acids is 1. The van der Waals surface area contributed by atoms with E-state index in [-0.39, 0.29) is 5.78 Å². The van der Waals surface area contributed by atoms with Crippen LogP contribution in [0.1, 0.15) is 29.6 Å². The lowest BCUT2D eigenvalue weighted by molar-refractivity contribution is 0.103. The van der Waals surface area contributed by atoms with Crippen molar-refractivity contribution >= 4 is 17.2 Å². The first kappa shape index (κ1) is 9.77. The quantitative estimate of drug-likeness (QED) is 0.570. The van der Waals surface area contributed by atoms with Crippen molar-refractivity contribution in [1.29, 1.82) is 0 Å². The van der Waals surface area contributed by atoms with E-state index >= 15 is 0 Å². The molecular weight excluding hydrogens is 188 g/mol. The number of Topliss-reactive ketones (excluding diaryl/α,β-unsaturated/α-hetero) is 1. The van der Waals surface area contributed by atoms with E-state index in [1.807, 2.05) is 6.08 Å². The molecule has 1 aliphatic carbocycles. The van der Waals surface area contributed by atoms with Crippen LogP contribution in [0.4, 0.5) is 11.4 Å². The summed E-state index contributed by atoms with van der Waals surface area (Å²) in [6, 6.07) is 5.04. The topological polar surface area (TPSA) is 69.1 Å². The van der Waals surface area contributed by atoms with E-state index < -0.39 is 0 Å². The first-order valence-electron chi connectivity index (χ1n) is 5.07. The van der Waals surface area contributed by atoms with Crippen molar-refractivity contribution in [3.63, 3.8) is 0 Å². The van der Waals surface area contributed by atoms with E-state index in [0.29, 0.717) is 16.9 Å². The molecule has 0 saturated heterocycles. The van der Waals surface area contributed by atoms with Crippen LogP contribution in [0.2, 0.25) is 0 Å². The van der Waals surface area contributed by atoms with Crippen LogP contribution in [-0.2, 0) is 0 Å². The first-order valence-corrected chi connectivity index (χ1v) is 5.07. The molecule has 0 radical (unpaired) electrons. The first-order chi connectivity index (χ1) is 7.18. The molecule has 0 saturated carbocycles. The number of rotatable bonds is 2. The Hall–Kier alpha value is -1.77. The van der Waals surface area contributed by atoms with Gasteiger partial charge >= 0.3 is 0 Å². The highest BCUT2D eigenvalue weighted by molar-refractivity contribution is 6.12. The number of hydrogen-bond donors (Lipinski definition) is 2. The van der Waals surface area contributed by atoms with Crippen molar-refractivity contribution in [2.45, 2.75) is 19.3 Å². The van der Waals surface area contributed by atoms with E-state index in [9.17, 15) is 4.79 Å². The van der Waals surface area contributed by atoms with Gasteiger partial charge in [0.15, 0.2) is 5.78 Å².